The summed E-state index contributed by atoms with van der Waals surface area (Å²) in [5.41, 5.74) is 5.56. The van der Waals surface area contributed by atoms with Crippen LogP contribution in [0.4, 0.5) is 5.69 Å². The number of carbonyl (C=O) groups is 2. The molecular weight excluding hydrogens is 434 g/mol. The molecule has 0 aliphatic carbocycles. The molecule has 1 N–H and O–H groups in total. The lowest BCUT2D eigenvalue weighted by Gasteiger charge is -2.25. The Balaban J connectivity index is 1.50. The highest BCUT2D eigenvalue weighted by Crippen LogP contribution is 2.23. The molecule has 0 aromatic heterocycles. The van der Waals surface area contributed by atoms with Gasteiger partial charge < -0.3 is 15.1 Å². The predicted octanol–water partition coefficient (Wildman–Crippen LogP) is 4.90. The molecule has 0 atom stereocenters. The van der Waals surface area contributed by atoms with Gasteiger partial charge in [-0.2, -0.15) is 0 Å². The van der Waals surface area contributed by atoms with Gasteiger partial charge in [-0.15, -0.1) is 0 Å². The van der Waals surface area contributed by atoms with Crippen molar-refractivity contribution in [1.29, 1.82) is 0 Å². The topological polar surface area (TPSA) is 52.7 Å². The second kappa shape index (κ2) is 11.8. The molecule has 0 radical (unpaired) electrons. The molecule has 1 fully saturated rings. The van der Waals surface area contributed by atoms with Gasteiger partial charge in [-0.1, -0.05) is 60.2 Å². The molecule has 35 heavy (non-hydrogen) atoms. The summed E-state index contributed by atoms with van der Waals surface area (Å²) >= 11 is 0. The Bertz CT molecular complexity index is 1150. The van der Waals surface area contributed by atoms with Crippen LogP contribution in [0.2, 0.25) is 0 Å². The van der Waals surface area contributed by atoms with Crippen LogP contribution in [0.25, 0.3) is 0 Å². The number of amides is 2. The first-order valence-electron chi connectivity index (χ1n) is 12.5. The van der Waals surface area contributed by atoms with Gasteiger partial charge in [-0.05, 0) is 74.7 Å². The average molecular weight is 470 g/mol. The Hall–Kier alpha value is -3.44. The van der Waals surface area contributed by atoms with Crippen molar-refractivity contribution in [2.45, 2.75) is 39.7 Å². The summed E-state index contributed by atoms with van der Waals surface area (Å²) in [6, 6.07) is 23.7. The Morgan fingerprint density at radius 2 is 1.63 bits per heavy atom. The lowest BCUT2D eigenvalue weighted by Crippen LogP contribution is -2.34. The molecule has 1 aliphatic rings. The van der Waals surface area contributed by atoms with Gasteiger partial charge in [0.05, 0.1) is 13.0 Å². The Kier molecular flexibility index (Phi) is 8.32. The van der Waals surface area contributed by atoms with Crippen LogP contribution in [-0.2, 0) is 17.8 Å². The van der Waals surface area contributed by atoms with Gasteiger partial charge in [-0.25, -0.2) is 0 Å². The predicted molar refractivity (Wildman–Crippen MR) is 142 cm³/mol. The molecule has 182 valence electrons. The monoisotopic (exact) mass is 469 g/mol. The Morgan fingerprint density at radius 1 is 0.886 bits per heavy atom. The van der Waals surface area contributed by atoms with E-state index >= 15 is 0 Å². The highest BCUT2D eigenvalue weighted by atomic mass is 16.2. The van der Waals surface area contributed by atoms with Crippen LogP contribution >= 0.6 is 0 Å². The smallest absolute Gasteiger partial charge is 0.258 e. The zero-order valence-electron chi connectivity index (χ0n) is 20.8. The van der Waals surface area contributed by atoms with Crippen molar-refractivity contribution in [1.82, 2.24) is 10.2 Å². The number of anilines is 1. The Labute approximate surface area is 208 Å². The maximum absolute atomic E-state index is 13.7. The van der Waals surface area contributed by atoms with E-state index in [1.54, 1.807) is 0 Å². The molecule has 5 heteroatoms. The van der Waals surface area contributed by atoms with Gasteiger partial charge in [0.15, 0.2) is 0 Å². The van der Waals surface area contributed by atoms with Crippen molar-refractivity contribution in [3.05, 3.63) is 101 Å². The molecule has 4 rings (SSSR count). The van der Waals surface area contributed by atoms with Crippen LogP contribution < -0.4 is 10.2 Å². The normalized spacial score (nSPS) is 13.5. The fraction of sp³-hybridized carbons (Fsp3) is 0.333. The molecule has 1 aliphatic heterocycles. The van der Waals surface area contributed by atoms with Gasteiger partial charge in [0.25, 0.3) is 5.91 Å². The average Bonchev–Trinajstić information content (AvgIpc) is 3.37. The van der Waals surface area contributed by atoms with E-state index in [9.17, 15) is 9.59 Å². The molecule has 1 heterocycles. The number of hydrogen-bond acceptors (Lipinski definition) is 3. The largest absolute Gasteiger partial charge is 0.355 e. The summed E-state index contributed by atoms with van der Waals surface area (Å²) in [6.07, 6.45) is 2.80. The van der Waals surface area contributed by atoms with Gasteiger partial charge >= 0.3 is 0 Å². The summed E-state index contributed by atoms with van der Waals surface area (Å²) in [5.74, 6) is -0.0347. The third-order valence-electron chi connectivity index (χ3n) is 6.62. The van der Waals surface area contributed by atoms with Gasteiger partial charge in [0.2, 0.25) is 5.91 Å². The highest BCUT2D eigenvalue weighted by molar-refractivity contribution is 6.07. The van der Waals surface area contributed by atoms with Crippen molar-refractivity contribution >= 4 is 17.5 Å². The van der Waals surface area contributed by atoms with Crippen LogP contribution in [-0.4, -0.2) is 42.9 Å². The van der Waals surface area contributed by atoms with E-state index in [0.717, 1.165) is 42.0 Å². The first-order valence-corrected chi connectivity index (χ1v) is 12.5. The first kappa shape index (κ1) is 24.7. The lowest BCUT2D eigenvalue weighted by atomic mass is 10.0. The molecule has 5 nitrogen and oxygen atoms in total. The van der Waals surface area contributed by atoms with Gasteiger partial charge in [0.1, 0.15) is 0 Å². The number of benzene rings is 3. The molecule has 2 amide bonds. The van der Waals surface area contributed by atoms with E-state index in [4.69, 9.17) is 0 Å². The van der Waals surface area contributed by atoms with E-state index in [2.05, 4.69) is 41.4 Å². The first-order chi connectivity index (χ1) is 17.0. The Morgan fingerprint density at radius 3 is 2.37 bits per heavy atom. The number of carbonyl (C=O) groups excluding carboxylic acids is 2. The minimum absolute atomic E-state index is 0.0108. The van der Waals surface area contributed by atoms with Crippen LogP contribution in [0.15, 0.2) is 72.8 Å². The zero-order valence-corrected chi connectivity index (χ0v) is 20.8. The van der Waals surface area contributed by atoms with Crippen molar-refractivity contribution in [2.24, 2.45) is 0 Å². The summed E-state index contributed by atoms with van der Waals surface area (Å²) < 4.78 is 0. The van der Waals surface area contributed by atoms with Crippen molar-refractivity contribution in [3.8, 4) is 0 Å². The molecule has 0 unspecified atom stereocenters. The maximum atomic E-state index is 13.7. The summed E-state index contributed by atoms with van der Waals surface area (Å²) in [5, 5.41) is 3.05. The minimum atomic E-state index is -0.0455. The quantitative estimate of drug-likeness (QED) is 0.485. The van der Waals surface area contributed by atoms with Gasteiger partial charge in [-0.3, -0.25) is 9.59 Å². The lowest BCUT2D eigenvalue weighted by molar-refractivity contribution is -0.120. The number of nitrogens with zero attached hydrogens (tertiary/aromatic N) is 2. The standard InChI is InChI=1S/C30H35N3O2/c1-23-12-14-25(15-13-23)22-33(30(35)28-11-4-3-8-24(28)2)27-10-7-9-26(20-27)21-29(34)31-16-19-32-17-5-6-18-32/h3-4,7-15,20H,5-6,16-19,21-22H2,1-2H3,(H,31,34). The molecule has 3 aromatic rings. The number of rotatable bonds is 9. The molecule has 3 aromatic carbocycles. The van der Waals surface area contributed by atoms with E-state index in [-0.39, 0.29) is 11.8 Å². The molecule has 0 saturated carbocycles. The number of likely N-dealkylation sites (tertiary alicyclic amines) is 1. The second-order valence-corrected chi connectivity index (χ2v) is 9.44. The van der Waals surface area contributed by atoms with E-state index in [0.29, 0.717) is 25.1 Å². The van der Waals surface area contributed by atoms with E-state index in [1.165, 1.54) is 18.4 Å². The number of nitrogens with one attached hydrogen (secondary N) is 1. The van der Waals surface area contributed by atoms with E-state index in [1.807, 2.05) is 60.4 Å². The van der Waals surface area contributed by atoms with Crippen LogP contribution in [0, 0.1) is 13.8 Å². The summed E-state index contributed by atoms with van der Waals surface area (Å²) in [6.45, 7) is 8.30. The van der Waals surface area contributed by atoms with Crippen LogP contribution in [0.1, 0.15) is 45.5 Å². The fourth-order valence-electron chi connectivity index (χ4n) is 4.56. The number of hydrogen-bond donors (Lipinski definition) is 1. The van der Waals surface area contributed by atoms with Crippen molar-refractivity contribution in [2.75, 3.05) is 31.1 Å². The van der Waals surface area contributed by atoms with Crippen LogP contribution in [0.5, 0.6) is 0 Å². The molecule has 0 bridgehead atoms. The highest BCUT2D eigenvalue weighted by Gasteiger charge is 2.20. The van der Waals surface area contributed by atoms with Crippen molar-refractivity contribution < 1.29 is 9.59 Å². The minimum Gasteiger partial charge on any atom is -0.355 e. The van der Waals surface area contributed by atoms with Gasteiger partial charge in [0, 0.05) is 24.3 Å². The molecular formula is C30H35N3O2. The SMILES string of the molecule is Cc1ccc(CN(C(=O)c2ccccc2C)c2cccc(CC(=O)NCCN3CCCC3)c2)cc1. The molecule has 1 saturated heterocycles. The third-order valence-corrected chi connectivity index (χ3v) is 6.62. The van der Waals surface area contributed by atoms with E-state index < -0.39 is 0 Å². The van der Waals surface area contributed by atoms with Crippen LogP contribution in [0.3, 0.4) is 0 Å². The summed E-state index contributed by atoms with van der Waals surface area (Å²) in [7, 11) is 0. The number of aryl methyl sites for hydroxylation is 2. The zero-order chi connectivity index (χ0) is 24.6. The van der Waals surface area contributed by atoms with Crippen molar-refractivity contribution in [3.63, 3.8) is 0 Å². The maximum Gasteiger partial charge on any atom is 0.258 e. The third kappa shape index (κ3) is 6.80. The molecule has 0 spiro atoms. The fourth-order valence-corrected chi connectivity index (χ4v) is 4.56. The second-order valence-electron chi connectivity index (χ2n) is 9.44. The summed E-state index contributed by atoms with van der Waals surface area (Å²) in [4.78, 5) is 30.5.